The van der Waals surface area contributed by atoms with E-state index in [2.05, 4.69) is 16.8 Å². The summed E-state index contributed by atoms with van der Waals surface area (Å²) in [6, 6.07) is 0. The average molecular weight is 362 g/mol. The zero-order valence-electron chi connectivity index (χ0n) is 17.6. The molecule has 2 heterocycles. The molecular weight excluding hydrogens is 326 g/mol. The molecule has 1 aromatic rings. The van der Waals surface area contributed by atoms with Crippen molar-refractivity contribution in [3.8, 4) is 5.75 Å². The molecule has 1 amide bonds. The number of carbonyl (C=O) groups is 1. The number of carbonyl (C=O) groups excluding carboxylic acids is 1. The number of aryl methyl sites for hydroxylation is 1. The summed E-state index contributed by atoms with van der Waals surface area (Å²) in [5.74, 6) is 1.77. The van der Waals surface area contributed by atoms with E-state index in [0.29, 0.717) is 5.92 Å². The van der Waals surface area contributed by atoms with Gasteiger partial charge in [-0.2, -0.15) is 0 Å². The van der Waals surface area contributed by atoms with Gasteiger partial charge in [-0.25, -0.2) is 0 Å². The Kier molecular flexibility index (Phi) is 6.67. The van der Waals surface area contributed by atoms with Gasteiger partial charge in [0.05, 0.1) is 12.8 Å². The maximum atomic E-state index is 12.4. The number of amides is 1. The van der Waals surface area contributed by atoms with Crippen LogP contribution in [0.3, 0.4) is 0 Å². The highest BCUT2D eigenvalue weighted by Crippen LogP contribution is 2.27. The van der Waals surface area contributed by atoms with E-state index in [1.54, 1.807) is 7.11 Å². The minimum absolute atomic E-state index is 0.228. The molecule has 0 bridgehead atoms. The molecule has 5 nitrogen and oxygen atoms in total. The van der Waals surface area contributed by atoms with Crippen LogP contribution >= 0.6 is 0 Å². The smallest absolute Gasteiger partial charge is 0.227 e. The molecule has 0 atom stereocenters. The first-order chi connectivity index (χ1) is 12.1. The van der Waals surface area contributed by atoms with Crippen LogP contribution in [-0.2, 0) is 11.3 Å². The van der Waals surface area contributed by atoms with Crippen molar-refractivity contribution in [2.75, 3.05) is 33.8 Å². The van der Waals surface area contributed by atoms with Crippen LogP contribution in [0, 0.1) is 25.2 Å². The van der Waals surface area contributed by atoms with Gasteiger partial charge in [-0.3, -0.25) is 14.7 Å². The summed E-state index contributed by atoms with van der Waals surface area (Å²) >= 11 is 0. The van der Waals surface area contributed by atoms with Crippen molar-refractivity contribution in [2.45, 2.75) is 54.0 Å². The van der Waals surface area contributed by atoms with E-state index in [1.165, 1.54) is 0 Å². The highest BCUT2D eigenvalue weighted by Gasteiger charge is 2.28. The number of nitrogens with zero attached hydrogens (tertiary/aromatic N) is 3. The number of likely N-dealkylation sites (tertiary alicyclic amines) is 1. The minimum Gasteiger partial charge on any atom is -0.496 e. The Morgan fingerprint density at radius 3 is 2.46 bits per heavy atom. The lowest BCUT2D eigenvalue weighted by molar-refractivity contribution is -0.138. The lowest BCUT2D eigenvalue weighted by atomic mass is 9.92. The van der Waals surface area contributed by atoms with Crippen molar-refractivity contribution in [1.82, 2.24) is 14.8 Å². The zero-order valence-corrected chi connectivity index (χ0v) is 17.6. The lowest BCUT2D eigenvalue weighted by Crippen LogP contribution is -2.42. The predicted octanol–water partition coefficient (Wildman–Crippen LogP) is 3.42. The second kappa shape index (κ2) is 8.38. The third-order valence-corrected chi connectivity index (χ3v) is 5.35. The van der Waals surface area contributed by atoms with E-state index < -0.39 is 0 Å². The Morgan fingerprint density at radius 1 is 1.31 bits per heavy atom. The van der Waals surface area contributed by atoms with Gasteiger partial charge in [0.1, 0.15) is 5.75 Å². The number of methoxy groups -OCH3 is 1. The first kappa shape index (κ1) is 20.7. The van der Waals surface area contributed by atoms with E-state index in [9.17, 15) is 4.79 Å². The van der Waals surface area contributed by atoms with Crippen LogP contribution in [0.15, 0.2) is 6.20 Å². The Balaban J connectivity index is 1.88. The Bertz CT molecular complexity index is 629. The first-order valence-electron chi connectivity index (χ1n) is 9.60. The topological polar surface area (TPSA) is 45.7 Å². The molecule has 0 aromatic carbocycles. The molecule has 1 fully saturated rings. The van der Waals surface area contributed by atoms with Crippen LogP contribution in [0.1, 0.15) is 50.4 Å². The molecule has 26 heavy (non-hydrogen) atoms. The van der Waals surface area contributed by atoms with Crippen LogP contribution < -0.4 is 4.74 Å². The van der Waals surface area contributed by atoms with Crippen LogP contribution in [0.4, 0.5) is 0 Å². The summed E-state index contributed by atoms with van der Waals surface area (Å²) < 4.78 is 5.52. The molecular formula is C21H35N3O2. The maximum absolute atomic E-state index is 12.4. The number of piperidine rings is 1. The van der Waals surface area contributed by atoms with Gasteiger partial charge < -0.3 is 9.64 Å². The number of hydrogen-bond acceptors (Lipinski definition) is 4. The molecule has 2 rings (SSSR count). The van der Waals surface area contributed by atoms with E-state index in [1.807, 2.05) is 45.8 Å². The summed E-state index contributed by atoms with van der Waals surface area (Å²) in [7, 11) is 3.66. The third-order valence-electron chi connectivity index (χ3n) is 5.35. The van der Waals surface area contributed by atoms with E-state index in [4.69, 9.17) is 4.74 Å². The Hall–Kier alpha value is -1.62. The fourth-order valence-electron chi connectivity index (χ4n) is 3.81. The number of ether oxygens (including phenoxy) is 1. The molecule has 5 heteroatoms. The van der Waals surface area contributed by atoms with Gasteiger partial charge in [0.2, 0.25) is 5.91 Å². The second-order valence-corrected chi connectivity index (χ2v) is 8.70. The van der Waals surface area contributed by atoms with E-state index in [0.717, 1.165) is 61.6 Å². The summed E-state index contributed by atoms with van der Waals surface area (Å²) in [6.45, 7) is 13.9. The fourth-order valence-corrected chi connectivity index (χ4v) is 3.81. The minimum atomic E-state index is -0.302. The van der Waals surface area contributed by atoms with E-state index >= 15 is 0 Å². The average Bonchev–Trinajstić information content (AvgIpc) is 2.58. The molecule has 0 unspecified atom stereocenters. The van der Waals surface area contributed by atoms with Gasteiger partial charge in [0.25, 0.3) is 0 Å². The summed E-state index contributed by atoms with van der Waals surface area (Å²) in [5.41, 5.74) is 3.03. The van der Waals surface area contributed by atoms with E-state index in [-0.39, 0.29) is 11.3 Å². The monoisotopic (exact) mass is 361 g/mol. The number of pyridine rings is 1. The van der Waals surface area contributed by atoms with Crippen LogP contribution in [0.2, 0.25) is 0 Å². The number of aromatic nitrogens is 1. The predicted molar refractivity (Wildman–Crippen MR) is 105 cm³/mol. The van der Waals surface area contributed by atoms with Gasteiger partial charge in [-0.05, 0) is 45.7 Å². The standard InChI is InChI=1S/C21H35N3O2/c1-15-12-22-18(16(2)19(15)26-7)14-24-10-8-17(9-11-24)13-23(6)20(25)21(3,4)5/h12,17H,8-11,13-14H2,1-7H3. The molecule has 0 spiro atoms. The van der Waals surface area contributed by atoms with Gasteiger partial charge in [0.15, 0.2) is 0 Å². The van der Waals surface area contributed by atoms with Crippen molar-refractivity contribution in [2.24, 2.45) is 11.3 Å². The summed E-state index contributed by atoms with van der Waals surface area (Å²) in [4.78, 5) is 21.4. The van der Waals surface area contributed by atoms with Crippen molar-refractivity contribution >= 4 is 5.91 Å². The molecule has 1 aliphatic rings. The van der Waals surface area contributed by atoms with Crippen LogP contribution in [-0.4, -0.2) is 54.5 Å². The second-order valence-electron chi connectivity index (χ2n) is 8.70. The highest BCUT2D eigenvalue weighted by molar-refractivity contribution is 5.81. The van der Waals surface area contributed by atoms with Crippen LogP contribution in [0.25, 0.3) is 0 Å². The zero-order chi connectivity index (χ0) is 19.5. The molecule has 0 saturated carbocycles. The molecule has 0 N–H and O–H groups in total. The number of hydrogen-bond donors (Lipinski definition) is 0. The lowest BCUT2D eigenvalue weighted by Gasteiger charge is -2.35. The van der Waals surface area contributed by atoms with Crippen LogP contribution in [0.5, 0.6) is 5.75 Å². The summed E-state index contributed by atoms with van der Waals surface area (Å²) in [5, 5.41) is 0. The maximum Gasteiger partial charge on any atom is 0.227 e. The molecule has 0 radical (unpaired) electrons. The largest absolute Gasteiger partial charge is 0.496 e. The highest BCUT2D eigenvalue weighted by atomic mass is 16.5. The quantitative estimate of drug-likeness (QED) is 0.806. The fraction of sp³-hybridized carbons (Fsp3) is 0.714. The molecule has 1 aliphatic heterocycles. The van der Waals surface area contributed by atoms with Crippen molar-refractivity contribution < 1.29 is 9.53 Å². The van der Waals surface area contributed by atoms with Gasteiger partial charge in [0, 0.05) is 42.9 Å². The van der Waals surface area contributed by atoms with Gasteiger partial charge >= 0.3 is 0 Å². The molecule has 146 valence electrons. The molecule has 1 saturated heterocycles. The SMILES string of the molecule is COc1c(C)cnc(CN2CCC(CN(C)C(=O)C(C)(C)C)CC2)c1C. The first-order valence-corrected chi connectivity index (χ1v) is 9.60. The Labute approximate surface area is 158 Å². The van der Waals surface area contributed by atoms with Gasteiger partial charge in [-0.1, -0.05) is 20.8 Å². The molecule has 0 aliphatic carbocycles. The third kappa shape index (κ3) is 4.97. The Morgan fingerprint density at radius 2 is 1.92 bits per heavy atom. The molecule has 1 aromatic heterocycles. The number of rotatable bonds is 5. The summed E-state index contributed by atoms with van der Waals surface area (Å²) in [6.07, 6.45) is 4.16. The van der Waals surface area contributed by atoms with Gasteiger partial charge in [-0.15, -0.1) is 0 Å². The van der Waals surface area contributed by atoms with Crippen molar-refractivity contribution in [3.63, 3.8) is 0 Å². The van der Waals surface area contributed by atoms with Crippen molar-refractivity contribution in [1.29, 1.82) is 0 Å². The van der Waals surface area contributed by atoms with Crippen molar-refractivity contribution in [3.05, 3.63) is 23.0 Å². The normalized spacial score (nSPS) is 16.6.